The molecule has 0 bridgehead atoms. The summed E-state index contributed by atoms with van der Waals surface area (Å²) in [6, 6.07) is 9.93. The van der Waals surface area contributed by atoms with Gasteiger partial charge in [-0.05, 0) is 17.4 Å². The van der Waals surface area contributed by atoms with E-state index in [1.54, 1.807) is 10.0 Å². The first kappa shape index (κ1) is 15.9. The molecule has 0 spiro atoms. The fourth-order valence-electron chi connectivity index (χ4n) is 3.83. The number of allylic oxidation sites excluding steroid dienone is 2. The van der Waals surface area contributed by atoms with Gasteiger partial charge in [0.05, 0.1) is 0 Å². The van der Waals surface area contributed by atoms with Gasteiger partial charge in [-0.2, -0.15) is 0 Å². The van der Waals surface area contributed by atoms with Crippen molar-refractivity contribution in [1.82, 2.24) is 10.0 Å². The Morgan fingerprint density at radius 1 is 1.09 bits per heavy atom. The van der Waals surface area contributed by atoms with E-state index in [0.717, 1.165) is 23.3 Å². The average molecular weight is 312 g/mol. The zero-order valence-corrected chi connectivity index (χ0v) is 14.3. The number of hydrogen-bond donors (Lipinski definition) is 0. The van der Waals surface area contributed by atoms with Crippen molar-refractivity contribution in [2.24, 2.45) is 5.41 Å². The van der Waals surface area contributed by atoms with Crippen molar-refractivity contribution in [3.05, 3.63) is 47.2 Å². The lowest BCUT2D eigenvalue weighted by atomic mass is 9.69. The molecule has 4 heteroatoms. The van der Waals surface area contributed by atoms with Crippen molar-refractivity contribution < 1.29 is 9.59 Å². The molecule has 1 aliphatic heterocycles. The molecule has 1 amide bonds. The van der Waals surface area contributed by atoms with Gasteiger partial charge < -0.3 is 0 Å². The van der Waals surface area contributed by atoms with E-state index < -0.39 is 0 Å². The minimum Gasteiger partial charge on any atom is -0.294 e. The van der Waals surface area contributed by atoms with Crippen LogP contribution in [0.3, 0.4) is 0 Å². The monoisotopic (exact) mass is 312 g/mol. The molecule has 0 fully saturated rings. The number of Topliss-reactive ketones (excluding diaryl/α,β-unsaturated/α-hetero) is 1. The molecule has 1 atom stereocenters. The first-order valence-corrected chi connectivity index (χ1v) is 8.11. The number of carbonyl (C=O) groups excluding carboxylic acids is 2. The lowest BCUT2D eigenvalue weighted by Crippen LogP contribution is -2.49. The summed E-state index contributed by atoms with van der Waals surface area (Å²) in [7, 11) is 3.72. The van der Waals surface area contributed by atoms with E-state index in [1.165, 1.54) is 0 Å². The highest BCUT2D eigenvalue weighted by atomic mass is 16.2. The third-order valence-electron chi connectivity index (χ3n) is 4.72. The molecule has 23 heavy (non-hydrogen) atoms. The van der Waals surface area contributed by atoms with E-state index in [4.69, 9.17) is 0 Å². The van der Waals surface area contributed by atoms with Gasteiger partial charge in [-0.1, -0.05) is 44.2 Å². The van der Waals surface area contributed by atoms with Gasteiger partial charge in [-0.25, -0.2) is 10.0 Å². The van der Waals surface area contributed by atoms with E-state index in [1.807, 2.05) is 44.4 Å². The molecule has 122 valence electrons. The number of rotatable bonds is 2. The number of benzene rings is 1. The summed E-state index contributed by atoms with van der Waals surface area (Å²) < 4.78 is 0. The molecular weight excluding hydrogens is 288 g/mol. The smallest absolute Gasteiger partial charge is 0.242 e. The van der Waals surface area contributed by atoms with Crippen LogP contribution in [0.5, 0.6) is 0 Å². The minimum absolute atomic E-state index is 0.0631. The first-order chi connectivity index (χ1) is 10.8. The van der Waals surface area contributed by atoms with Gasteiger partial charge in [0, 0.05) is 44.1 Å². The molecule has 1 aromatic carbocycles. The largest absolute Gasteiger partial charge is 0.294 e. The lowest BCUT2D eigenvalue weighted by Gasteiger charge is -2.44. The third-order valence-corrected chi connectivity index (χ3v) is 4.72. The van der Waals surface area contributed by atoms with Gasteiger partial charge in [-0.15, -0.1) is 0 Å². The van der Waals surface area contributed by atoms with Crippen molar-refractivity contribution >= 4 is 11.7 Å². The zero-order chi connectivity index (χ0) is 16.8. The van der Waals surface area contributed by atoms with E-state index in [0.29, 0.717) is 12.8 Å². The minimum atomic E-state index is -0.113. The summed E-state index contributed by atoms with van der Waals surface area (Å²) in [5, 5.41) is 3.50. The number of nitrogens with zero attached hydrogens (tertiary/aromatic N) is 2. The van der Waals surface area contributed by atoms with Gasteiger partial charge in [-0.3, -0.25) is 9.59 Å². The van der Waals surface area contributed by atoms with Crippen molar-refractivity contribution in [3.8, 4) is 0 Å². The van der Waals surface area contributed by atoms with Crippen LogP contribution in [0.4, 0.5) is 0 Å². The van der Waals surface area contributed by atoms with Gasteiger partial charge in [0.25, 0.3) is 0 Å². The van der Waals surface area contributed by atoms with Gasteiger partial charge in [0.1, 0.15) is 0 Å². The standard InChI is InChI=1S/C19H24N2O2/c1-19(2)11-15-18(16(22)12-19)14(13-8-6-5-7-9-13)10-17(23)21(15)20(3)4/h5-9,14H,10-12H2,1-4H3. The zero-order valence-electron chi connectivity index (χ0n) is 14.3. The maximum Gasteiger partial charge on any atom is 0.242 e. The van der Waals surface area contributed by atoms with Crippen LogP contribution in [0.15, 0.2) is 41.6 Å². The predicted octanol–water partition coefficient (Wildman–Crippen LogP) is 3.12. The van der Waals surface area contributed by atoms with Crippen LogP contribution in [0.1, 0.15) is 44.6 Å². The van der Waals surface area contributed by atoms with Crippen LogP contribution in [0.2, 0.25) is 0 Å². The average Bonchev–Trinajstić information content (AvgIpc) is 2.45. The topological polar surface area (TPSA) is 40.6 Å². The summed E-state index contributed by atoms with van der Waals surface area (Å²) in [4.78, 5) is 25.6. The molecule has 0 saturated heterocycles. The lowest BCUT2D eigenvalue weighted by molar-refractivity contribution is -0.143. The maximum absolute atomic E-state index is 12.9. The number of ketones is 1. The quantitative estimate of drug-likeness (QED) is 0.842. The number of hydrazine groups is 1. The summed E-state index contributed by atoms with van der Waals surface area (Å²) in [6.07, 6.45) is 1.65. The Balaban J connectivity index is 2.16. The summed E-state index contributed by atoms with van der Waals surface area (Å²) in [5.41, 5.74) is 2.67. The first-order valence-electron chi connectivity index (χ1n) is 8.11. The van der Waals surface area contributed by atoms with Gasteiger partial charge in [0.2, 0.25) is 5.91 Å². The molecule has 0 N–H and O–H groups in total. The second kappa shape index (κ2) is 5.60. The Labute approximate surface area is 137 Å². The summed E-state index contributed by atoms with van der Waals surface area (Å²) >= 11 is 0. The Bertz CT molecular complexity index is 674. The Morgan fingerprint density at radius 2 is 1.74 bits per heavy atom. The highest BCUT2D eigenvalue weighted by Crippen LogP contribution is 2.46. The van der Waals surface area contributed by atoms with Crippen LogP contribution in [-0.2, 0) is 9.59 Å². The molecule has 0 aromatic heterocycles. The van der Waals surface area contributed by atoms with E-state index in [-0.39, 0.29) is 23.0 Å². The predicted molar refractivity (Wildman–Crippen MR) is 89.4 cm³/mol. The SMILES string of the molecule is CN(C)N1C(=O)CC(c2ccccc2)C2=C1CC(C)(C)CC2=O. The number of carbonyl (C=O) groups is 2. The maximum atomic E-state index is 12.9. The van der Waals surface area contributed by atoms with E-state index >= 15 is 0 Å². The van der Waals surface area contributed by atoms with Crippen molar-refractivity contribution in [2.75, 3.05) is 14.1 Å². The molecule has 0 radical (unpaired) electrons. The Morgan fingerprint density at radius 3 is 2.35 bits per heavy atom. The molecule has 2 aliphatic rings. The Kier molecular flexibility index (Phi) is 3.88. The molecule has 1 unspecified atom stereocenters. The normalized spacial score (nSPS) is 24.2. The molecule has 1 aromatic rings. The van der Waals surface area contributed by atoms with Gasteiger partial charge >= 0.3 is 0 Å². The molecule has 1 aliphatic carbocycles. The number of amides is 1. The van der Waals surface area contributed by atoms with Gasteiger partial charge in [0.15, 0.2) is 5.78 Å². The van der Waals surface area contributed by atoms with Crippen LogP contribution < -0.4 is 0 Å². The summed E-state index contributed by atoms with van der Waals surface area (Å²) in [6.45, 7) is 4.19. The van der Waals surface area contributed by atoms with Crippen molar-refractivity contribution in [2.45, 2.75) is 39.0 Å². The van der Waals surface area contributed by atoms with Crippen LogP contribution in [0, 0.1) is 5.41 Å². The van der Waals surface area contributed by atoms with E-state index in [9.17, 15) is 9.59 Å². The molecule has 4 nitrogen and oxygen atoms in total. The second-order valence-corrected chi connectivity index (χ2v) is 7.52. The number of hydrogen-bond acceptors (Lipinski definition) is 3. The highest BCUT2D eigenvalue weighted by molar-refractivity contribution is 6.01. The molecule has 0 saturated carbocycles. The van der Waals surface area contributed by atoms with Crippen LogP contribution in [-0.4, -0.2) is 35.8 Å². The fourth-order valence-corrected chi connectivity index (χ4v) is 3.83. The highest BCUT2D eigenvalue weighted by Gasteiger charge is 2.44. The summed E-state index contributed by atoms with van der Waals surface area (Å²) in [5.74, 6) is 0.135. The van der Waals surface area contributed by atoms with Crippen molar-refractivity contribution in [3.63, 3.8) is 0 Å². The molecule has 3 rings (SSSR count). The fraction of sp³-hybridized carbons (Fsp3) is 0.474. The third kappa shape index (κ3) is 2.83. The Hall–Kier alpha value is -1.94. The molecule has 1 heterocycles. The van der Waals surface area contributed by atoms with E-state index in [2.05, 4.69) is 13.8 Å². The van der Waals surface area contributed by atoms with Crippen LogP contribution >= 0.6 is 0 Å². The molecular formula is C19H24N2O2. The van der Waals surface area contributed by atoms with Crippen LogP contribution in [0.25, 0.3) is 0 Å². The van der Waals surface area contributed by atoms with Crippen molar-refractivity contribution in [1.29, 1.82) is 0 Å². The second-order valence-electron chi connectivity index (χ2n) is 7.52.